The number of aromatic nitrogens is 5. The van der Waals surface area contributed by atoms with Gasteiger partial charge in [-0.3, -0.25) is 4.90 Å². The Morgan fingerprint density at radius 3 is 2.85 bits per heavy atom. The molecular weight excluding hydrogens is 330 g/mol. The van der Waals surface area contributed by atoms with E-state index in [2.05, 4.69) is 41.8 Å². The zero-order valence-electron chi connectivity index (χ0n) is 15.2. The molecule has 0 saturated carbocycles. The van der Waals surface area contributed by atoms with Gasteiger partial charge in [-0.2, -0.15) is 4.98 Å². The Labute approximate surface area is 151 Å². The summed E-state index contributed by atoms with van der Waals surface area (Å²) in [6.45, 7) is 4.92. The van der Waals surface area contributed by atoms with Gasteiger partial charge in [0.2, 0.25) is 0 Å². The number of likely N-dealkylation sites (N-methyl/N-ethyl adjacent to an activating group) is 1. The Balaban J connectivity index is 1.46. The highest BCUT2D eigenvalue weighted by Crippen LogP contribution is 2.42. The van der Waals surface area contributed by atoms with E-state index >= 15 is 0 Å². The topological polar surface area (TPSA) is 87.0 Å². The van der Waals surface area contributed by atoms with Crippen LogP contribution in [0.3, 0.4) is 0 Å². The molecule has 3 aromatic heterocycles. The first kappa shape index (κ1) is 15.7. The molecule has 0 unspecified atom stereocenters. The summed E-state index contributed by atoms with van der Waals surface area (Å²) in [6.07, 6.45) is 7.25. The molecule has 26 heavy (non-hydrogen) atoms. The van der Waals surface area contributed by atoms with Gasteiger partial charge in [-0.05, 0) is 19.9 Å². The average Bonchev–Trinajstić information content (AvgIpc) is 3.32. The molecule has 0 bridgehead atoms. The SMILES string of the molecule is CCc1nc2c(N3CCC4(CC3)c3nc[nH]c3CCN4C)ncnc2o1. The van der Waals surface area contributed by atoms with Crippen LogP contribution in [0.4, 0.5) is 5.82 Å². The summed E-state index contributed by atoms with van der Waals surface area (Å²) >= 11 is 0. The first-order valence-electron chi connectivity index (χ1n) is 9.30. The monoisotopic (exact) mass is 353 g/mol. The van der Waals surface area contributed by atoms with Crippen LogP contribution in [0, 0.1) is 0 Å². The van der Waals surface area contributed by atoms with Gasteiger partial charge >= 0.3 is 0 Å². The minimum Gasteiger partial charge on any atom is -0.422 e. The molecule has 1 N–H and O–H groups in total. The highest BCUT2D eigenvalue weighted by molar-refractivity contribution is 5.81. The van der Waals surface area contributed by atoms with Gasteiger partial charge in [-0.15, -0.1) is 0 Å². The highest BCUT2D eigenvalue weighted by Gasteiger charge is 2.45. The Morgan fingerprint density at radius 2 is 2.04 bits per heavy atom. The number of aryl methyl sites for hydroxylation is 1. The first-order chi connectivity index (χ1) is 12.7. The van der Waals surface area contributed by atoms with E-state index in [0.29, 0.717) is 11.6 Å². The summed E-state index contributed by atoms with van der Waals surface area (Å²) in [4.78, 5) is 26.1. The zero-order valence-corrected chi connectivity index (χ0v) is 15.2. The lowest BCUT2D eigenvalue weighted by atomic mass is 9.79. The number of oxazole rings is 1. The standard InChI is InChI=1S/C18H23N7O/c1-3-13-23-14-16(21-11-22-17(14)26-13)25-8-5-18(6-9-25)15-12(19-10-20-15)4-7-24(18)2/h10-11H,3-9H2,1-2H3,(H,19,20). The number of nitrogens with one attached hydrogen (secondary N) is 1. The van der Waals surface area contributed by atoms with Crippen molar-refractivity contribution in [3.63, 3.8) is 0 Å². The molecule has 1 spiro atoms. The molecule has 5 rings (SSSR count). The lowest BCUT2D eigenvalue weighted by Gasteiger charge is -2.49. The number of anilines is 1. The van der Waals surface area contributed by atoms with Crippen molar-refractivity contribution >= 4 is 17.0 Å². The molecule has 1 fully saturated rings. The van der Waals surface area contributed by atoms with E-state index in [1.165, 1.54) is 11.4 Å². The quantitative estimate of drug-likeness (QED) is 0.753. The summed E-state index contributed by atoms with van der Waals surface area (Å²) in [5.41, 5.74) is 3.90. The number of hydrogen-bond acceptors (Lipinski definition) is 7. The van der Waals surface area contributed by atoms with Gasteiger partial charge in [0.1, 0.15) is 6.33 Å². The normalized spacial score (nSPS) is 20.0. The van der Waals surface area contributed by atoms with E-state index in [4.69, 9.17) is 4.42 Å². The van der Waals surface area contributed by atoms with Crippen LogP contribution in [-0.4, -0.2) is 56.5 Å². The van der Waals surface area contributed by atoms with Gasteiger partial charge in [0.05, 0.1) is 17.6 Å². The number of aromatic amines is 1. The van der Waals surface area contributed by atoms with Gasteiger partial charge in [-0.1, -0.05) is 6.92 Å². The second kappa shape index (κ2) is 5.77. The van der Waals surface area contributed by atoms with Crippen molar-refractivity contribution in [3.8, 4) is 0 Å². The molecule has 2 aliphatic rings. The molecule has 0 radical (unpaired) electrons. The predicted octanol–water partition coefficient (Wildman–Crippen LogP) is 1.89. The number of piperidine rings is 1. The third kappa shape index (κ3) is 2.18. The summed E-state index contributed by atoms with van der Waals surface area (Å²) in [6, 6.07) is 0. The van der Waals surface area contributed by atoms with E-state index in [9.17, 15) is 0 Å². The van der Waals surface area contributed by atoms with Crippen LogP contribution < -0.4 is 4.90 Å². The molecule has 2 aliphatic heterocycles. The number of fused-ring (bicyclic) bond motifs is 3. The fraction of sp³-hybridized carbons (Fsp3) is 0.556. The third-order valence-corrected chi connectivity index (χ3v) is 6.00. The highest BCUT2D eigenvalue weighted by atomic mass is 16.4. The van der Waals surface area contributed by atoms with Gasteiger partial charge < -0.3 is 14.3 Å². The number of H-pyrrole nitrogens is 1. The van der Waals surface area contributed by atoms with E-state index in [-0.39, 0.29) is 5.54 Å². The Kier molecular flexibility index (Phi) is 3.49. The maximum atomic E-state index is 5.70. The molecule has 1 saturated heterocycles. The fourth-order valence-corrected chi connectivity index (χ4v) is 4.46. The number of hydrogen-bond donors (Lipinski definition) is 1. The lowest BCUT2D eigenvalue weighted by Crippen LogP contribution is -2.55. The van der Waals surface area contributed by atoms with Crippen LogP contribution in [0.5, 0.6) is 0 Å². The van der Waals surface area contributed by atoms with Crippen molar-refractivity contribution in [2.75, 3.05) is 31.6 Å². The molecule has 0 amide bonds. The average molecular weight is 353 g/mol. The van der Waals surface area contributed by atoms with Gasteiger partial charge in [0.25, 0.3) is 5.71 Å². The van der Waals surface area contributed by atoms with Crippen LogP contribution >= 0.6 is 0 Å². The first-order valence-corrected chi connectivity index (χ1v) is 9.30. The molecule has 5 heterocycles. The Hall–Kier alpha value is -2.48. The molecule has 8 heteroatoms. The molecule has 136 valence electrons. The molecule has 8 nitrogen and oxygen atoms in total. The number of rotatable bonds is 2. The second-order valence-corrected chi connectivity index (χ2v) is 7.23. The molecule has 0 aromatic carbocycles. The largest absolute Gasteiger partial charge is 0.422 e. The summed E-state index contributed by atoms with van der Waals surface area (Å²) in [7, 11) is 2.22. The van der Waals surface area contributed by atoms with Gasteiger partial charge in [0.15, 0.2) is 17.2 Å². The smallest absolute Gasteiger partial charge is 0.252 e. The molecule has 0 aliphatic carbocycles. The maximum absolute atomic E-state index is 5.70. The molecular formula is C18H23N7O. The van der Waals surface area contributed by atoms with Crippen molar-refractivity contribution < 1.29 is 4.42 Å². The predicted molar refractivity (Wildman–Crippen MR) is 97.0 cm³/mol. The summed E-state index contributed by atoms with van der Waals surface area (Å²) < 4.78 is 5.70. The van der Waals surface area contributed by atoms with Crippen molar-refractivity contribution in [2.45, 2.75) is 38.1 Å². The van der Waals surface area contributed by atoms with E-state index in [1.807, 2.05) is 13.3 Å². The Bertz CT molecular complexity index is 938. The van der Waals surface area contributed by atoms with E-state index in [0.717, 1.165) is 56.7 Å². The number of imidazole rings is 1. The summed E-state index contributed by atoms with van der Waals surface area (Å²) in [5, 5.41) is 0. The third-order valence-electron chi connectivity index (χ3n) is 6.00. The minimum atomic E-state index is 0.0225. The second-order valence-electron chi connectivity index (χ2n) is 7.23. The Morgan fingerprint density at radius 1 is 1.19 bits per heavy atom. The van der Waals surface area contributed by atoms with Crippen molar-refractivity contribution in [1.82, 2.24) is 29.8 Å². The fourth-order valence-electron chi connectivity index (χ4n) is 4.46. The van der Waals surface area contributed by atoms with Crippen molar-refractivity contribution in [3.05, 3.63) is 29.9 Å². The zero-order chi connectivity index (χ0) is 17.7. The van der Waals surface area contributed by atoms with Gasteiger partial charge in [0, 0.05) is 38.2 Å². The van der Waals surface area contributed by atoms with Crippen molar-refractivity contribution in [2.24, 2.45) is 0 Å². The van der Waals surface area contributed by atoms with Crippen LogP contribution in [-0.2, 0) is 18.4 Å². The van der Waals surface area contributed by atoms with Crippen LogP contribution in [0.1, 0.15) is 37.0 Å². The van der Waals surface area contributed by atoms with E-state index in [1.54, 1.807) is 6.33 Å². The molecule has 3 aromatic rings. The minimum absolute atomic E-state index is 0.0225. The lowest BCUT2D eigenvalue weighted by molar-refractivity contribution is 0.0712. The maximum Gasteiger partial charge on any atom is 0.252 e. The van der Waals surface area contributed by atoms with Crippen molar-refractivity contribution in [1.29, 1.82) is 0 Å². The van der Waals surface area contributed by atoms with Gasteiger partial charge in [-0.25, -0.2) is 15.0 Å². The van der Waals surface area contributed by atoms with Crippen LogP contribution in [0.15, 0.2) is 17.1 Å². The van der Waals surface area contributed by atoms with Crippen LogP contribution in [0.2, 0.25) is 0 Å². The molecule has 0 atom stereocenters. The summed E-state index contributed by atoms with van der Waals surface area (Å²) in [5.74, 6) is 1.59. The number of nitrogens with zero attached hydrogens (tertiary/aromatic N) is 6. The van der Waals surface area contributed by atoms with Crippen LogP contribution in [0.25, 0.3) is 11.2 Å². The van der Waals surface area contributed by atoms with E-state index < -0.39 is 0 Å².